The first-order valence-electron chi connectivity index (χ1n) is 8.43. The van der Waals surface area contributed by atoms with Crippen molar-refractivity contribution in [1.29, 1.82) is 5.26 Å². The second-order valence-electron chi connectivity index (χ2n) is 6.38. The zero-order valence-electron chi connectivity index (χ0n) is 14.8. The number of nitriles is 1. The van der Waals surface area contributed by atoms with Crippen LogP contribution in [0, 0.1) is 25.2 Å². The molecule has 3 rings (SSSR count). The lowest BCUT2D eigenvalue weighted by molar-refractivity contribution is -0.134. The molecule has 2 aromatic rings. The van der Waals surface area contributed by atoms with Crippen LogP contribution in [0.15, 0.2) is 24.3 Å². The predicted molar refractivity (Wildman–Crippen MR) is 93.0 cm³/mol. The summed E-state index contributed by atoms with van der Waals surface area (Å²) in [5.74, 6) is 0.575. The Morgan fingerprint density at radius 3 is 2.68 bits per heavy atom. The molecule has 25 heavy (non-hydrogen) atoms. The van der Waals surface area contributed by atoms with Gasteiger partial charge in [0, 0.05) is 24.8 Å². The summed E-state index contributed by atoms with van der Waals surface area (Å²) in [5, 5.41) is 13.3. The standard InChI is InChI=1S/C19H22N4O2/c1-13-19(14(2)22(3)21-13)17-5-4-10-23(17)18(24)12-25-16-8-6-15(11-20)7-9-16/h6-9,17H,4-5,10,12H2,1-3H3/t17-/m0/s1. The Morgan fingerprint density at radius 2 is 2.08 bits per heavy atom. The first kappa shape index (κ1) is 17.0. The van der Waals surface area contributed by atoms with Gasteiger partial charge in [-0.05, 0) is 51.0 Å². The number of carbonyl (C=O) groups is 1. The smallest absolute Gasteiger partial charge is 0.261 e. The van der Waals surface area contributed by atoms with Crippen molar-refractivity contribution < 1.29 is 9.53 Å². The molecule has 1 aromatic carbocycles. The number of hydrogen-bond acceptors (Lipinski definition) is 4. The van der Waals surface area contributed by atoms with Crippen LogP contribution in [0.5, 0.6) is 5.75 Å². The van der Waals surface area contributed by atoms with Gasteiger partial charge in [0.1, 0.15) is 5.75 Å². The molecule has 0 saturated carbocycles. The van der Waals surface area contributed by atoms with Gasteiger partial charge in [-0.3, -0.25) is 9.48 Å². The molecule has 0 unspecified atom stereocenters. The van der Waals surface area contributed by atoms with E-state index >= 15 is 0 Å². The van der Waals surface area contributed by atoms with Crippen molar-refractivity contribution in [3.8, 4) is 11.8 Å². The Kier molecular flexibility index (Phi) is 4.75. The predicted octanol–water partition coefficient (Wildman–Crippen LogP) is 2.65. The van der Waals surface area contributed by atoms with Gasteiger partial charge in [-0.15, -0.1) is 0 Å². The second kappa shape index (κ2) is 6.98. The molecule has 130 valence electrons. The monoisotopic (exact) mass is 338 g/mol. The van der Waals surface area contributed by atoms with E-state index in [0.29, 0.717) is 11.3 Å². The topological polar surface area (TPSA) is 71.2 Å². The summed E-state index contributed by atoms with van der Waals surface area (Å²) in [6.07, 6.45) is 1.94. The quantitative estimate of drug-likeness (QED) is 0.859. The lowest BCUT2D eigenvalue weighted by Crippen LogP contribution is -2.34. The third kappa shape index (κ3) is 3.36. The molecule has 6 heteroatoms. The number of aromatic nitrogens is 2. The summed E-state index contributed by atoms with van der Waals surface area (Å²) in [7, 11) is 1.93. The average molecular weight is 338 g/mol. The summed E-state index contributed by atoms with van der Waals surface area (Å²) in [6.45, 7) is 4.79. The number of benzene rings is 1. The van der Waals surface area contributed by atoms with Crippen LogP contribution in [0.1, 0.15) is 41.4 Å². The Morgan fingerprint density at radius 1 is 1.36 bits per heavy atom. The van der Waals surface area contributed by atoms with Crippen molar-refractivity contribution in [2.75, 3.05) is 13.2 Å². The highest BCUT2D eigenvalue weighted by Crippen LogP contribution is 2.35. The number of aryl methyl sites for hydroxylation is 2. The van der Waals surface area contributed by atoms with Gasteiger partial charge < -0.3 is 9.64 Å². The fourth-order valence-electron chi connectivity index (χ4n) is 3.49. The summed E-state index contributed by atoms with van der Waals surface area (Å²) in [4.78, 5) is 14.6. The number of carbonyl (C=O) groups excluding carboxylic acids is 1. The molecule has 2 heterocycles. The minimum absolute atomic E-state index is 0.000752. The SMILES string of the molecule is Cc1nn(C)c(C)c1[C@@H]1CCCN1C(=O)COc1ccc(C#N)cc1. The van der Waals surface area contributed by atoms with Crippen molar-refractivity contribution in [3.05, 3.63) is 46.8 Å². The molecule has 0 aliphatic carbocycles. The number of ether oxygens (including phenoxy) is 1. The number of rotatable bonds is 4. The first-order valence-corrected chi connectivity index (χ1v) is 8.43. The minimum Gasteiger partial charge on any atom is -0.484 e. The molecule has 1 aliphatic rings. The van der Waals surface area contributed by atoms with Gasteiger partial charge in [-0.25, -0.2) is 0 Å². The van der Waals surface area contributed by atoms with E-state index < -0.39 is 0 Å². The number of nitrogens with zero attached hydrogens (tertiary/aromatic N) is 4. The molecule has 0 bridgehead atoms. The van der Waals surface area contributed by atoms with Gasteiger partial charge in [0.15, 0.2) is 6.61 Å². The summed E-state index contributed by atoms with van der Waals surface area (Å²) < 4.78 is 7.48. The van der Waals surface area contributed by atoms with Crippen molar-refractivity contribution >= 4 is 5.91 Å². The molecule has 1 aliphatic heterocycles. The van der Waals surface area contributed by atoms with Gasteiger partial charge in [-0.1, -0.05) is 0 Å². The van der Waals surface area contributed by atoms with Gasteiger partial charge >= 0.3 is 0 Å². The molecular formula is C19H22N4O2. The van der Waals surface area contributed by atoms with E-state index in [9.17, 15) is 4.79 Å². The summed E-state index contributed by atoms with van der Waals surface area (Å²) in [6, 6.07) is 8.92. The van der Waals surface area contributed by atoms with Gasteiger partial charge in [0.25, 0.3) is 5.91 Å². The van der Waals surface area contributed by atoms with Crippen LogP contribution in [0.4, 0.5) is 0 Å². The molecule has 1 atom stereocenters. The maximum absolute atomic E-state index is 12.7. The van der Waals surface area contributed by atoms with Crippen LogP contribution >= 0.6 is 0 Å². The lowest BCUT2D eigenvalue weighted by Gasteiger charge is -2.25. The van der Waals surface area contributed by atoms with Gasteiger partial charge in [-0.2, -0.15) is 10.4 Å². The van der Waals surface area contributed by atoms with Crippen LogP contribution in [0.2, 0.25) is 0 Å². The lowest BCUT2D eigenvalue weighted by atomic mass is 10.0. The first-order chi connectivity index (χ1) is 12.0. The van der Waals surface area contributed by atoms with Crippen LogP contribution in [-0.4, -0.2) is 33.7 Å². The van der Waals surface area contributed by atoms with Crippen molar-refractivity contribution in [2.45, 2.75) is 32.7 Å². The Bertz CT molecular complexity index is 817. The molecule has 6 nitrogen and oxygen atoms in total. The fraction of sp³-hybridized carbons (Fsp3) is 0.421. The molecule has 0 radical (unpaired) electrons. The number of amides is 1. The van der Waals surface area contributed by atoms with Crippen molar-refractivity contribution in [2.24, 2.45) is 7.05 Å². The van der Waals surface area contributed by atoms with Gasteiger partial charge in [0.05, 0.1) is 23.4 Å². The van der Waals surface area contributed by atoms with E-state index in [1.165, 1.54) is 0 Å². The molecular weight excluding hydrogens is 316 g/mol. The minimum atomic E-state index is -0.0190. The highest BCUT2D eigenvalue weighted by atomic mass is 16.5. The maximum atomic E-state index is 12.7. The number of hydrogen-bond donors (Lipinski definition) is 0. The highest BCUT2D eigenvalue weighted by Gasteiger charge is 2.33. The summed E-state index contributed by atoms with van der Waals surface area (Å²) >= 11 is 0. The highest BCUT2D eigenvalue weighted by molar-refractivity contribution is 5.78. The molecule has 1 fully saturated rings. The van der Waals surface area contributed by atoms with Crippen LogP contribution in [-0.2, 0) is 11.8 Å². The van der Waals surface area contributed by atoms with E-state index in [1.807, 2.05) is 30.5 Å². The molecule has 1 amide bonds. The maximum Gasteiger partial charge on any atom is 0.261 e. The van der Waals surface area contributed by atoms with Crippen LogP contribution < -0.4 is 4.74 Å². The third-order valence-electron chi connectivity index (χ3n) is 4.82. The van der Waals surface area contributed by atoms with E-state index in [2.05, 4.69) is 11.2 Å². The largest absolute Gasteiger partial charge is 0.484 e. The normalized spacial score (nSPS) is 16.7. The van der Waals surface area contributed by atoms with Crippen molar-refractivity contribution in [1.82, 2.24) is 14.7 Å². The Hall–Kier alpha value is -2.81. The molecule has 1 aromatic heterocycles. The molecule has 1 saturated heterocycles. The van der Waals surface area contributed by atoms with E-state index in [0.717, 1.165) is 36.3 Å². The zero-order chi connectivity index (χ0) is 18.0. The van der Waals surface area contributed by atoms with Gasteiger partial charge in [0.2, 0.25) is 0 Å². The molecule has 0 spiro atoms. The van der Waals surface area contributed by atoms with E-state index in [4.69, 9.17) is 10.00 Å². The summed E-state index contributed by atoms with van der Waals surface area (Å²) in [5.41, 5.74) is 3.82. The molecule has 0 N–H and O–H groups in total. The average Bonchev–Trinajstić information content (AvgIpc) is 3.18. The Balaban J connectivity index is 1.69. The van der Waals surface area contributed by atoms with Crippen molar-refractivity contribution in [3.63, 3.8) is 0 Å². The van der Waals surface area contributed by atoms with Crippen LogP contribution in [0.25, 0.3) is 0 Å². The Labute approximate surface area is 147 Å². The second-order valence-corrected chi connectivity index (χ2v) is 6.38. The van der Waals surface area contributed by atoms with E-state index in [1.54, 1.807) is 24.3 Å². The third-order valence-corrected chi connectivity index (χ3v) is 4.82. The van der Waals surface area contributed by atoms with E-state index in [-0.39, 0.29) is 18.6 Å². The van der Waals surface area contributed by atoms with Crippen LogP contribution in [0.3, 0.4) is 0 Å². The fourth-order valence-corrected chi connectivity index (χ4v) is 3.49. The number of likely N-dealkylation sites (tertiary alicyclic amines) is 1. The zero-order valence-corrected chi connectivity index (χ0v) is 14.8.